The Morgan fingerprint density at radius 2 is 1.71 bits per heavy atom. The average molecular weight is 487 g/mol. The maximum atomic E-state index is 13.9. The van der Waals surface area contributed by atoms with E-state index in [9.17, 15) is 9.18 Å². The minimum atomic E-state index is -0.833. The fraction of sp³-hybridized carbons (Fsp3) is 0.0800. The van der Waals surface area contributed by atoms with Gasteiger partial charge in [-0.1, -0.05) is 6.07 Å². The van der Waals surface area contributed by atoms with E-state index >= 15 is 0 Å². The molecule has 0 bridgehead atoms. The number of carbonyl (C=O) groups excluding carboxylic acids is 1. The Labute approximate surface area is 218 Å². The monoisotopic (exact) mass is 486 g/mol. The summed E-state index contributed by atoms with van der Waals surface area (Å²) in [6.07, 6.45) is 1.81. The quantitative estimate of drug-likeness (QED) is 0.418. The predicted molar refractivity (Wildman–Crippen MR) is 135 cm³/mol. The zero-order valence-corrected chi connectivity index (χ0v) is 21.7. The van der Waals surface area contributed by atoms with E-state index in [1.807, 2.05) is 48.5 Å². The van der Waals surface area contributed by atoms with E-state index in [1.54, 1.807) is 6.07 Å². The first kappa shape index (κ1) is 25.7. The number of benzene rings is 3. The maximum absolute atomic E-state index is 13.9. The van der Waals surface area contributed by atoms with Crippen LogP contribution in [0.2, 0.25) is 0 Å². The first-order valence-electron chi connectivity index (χ1n) is 10.2. The van der Waals surface area contributed by atoms with Gasteiger partial charge in [-0.25, -0.2) is 4.39 Å². The molecule has 1 heterocycles. The molecule has 1 aliphatic rings. The third-order valence-corrected chi connectivity index (χ3v) is 6.18. The molecule has 168 valence electrons. The fourth-order valence-electron chi connectivity index (χ4n) is 2.99. The van der Waals surface area contributed by atoms with Gasteiger partial charge in [0.1, 0.15) is 0 Å². The number of carboxylic acid groups (broad SMARTS) is 1. The Bertz CT molecular complexity index is 1250. The minimum Gasteiger partial charge on any atom is -0.203 e. The van der Waals surface area contributed by atoms with Crippen LogP contribution in [0.1, 0.15) is 12.5 Å². The molecule has 0 atom stereocenters. The van der Waals surface area contributed by atoms with Gasteiger partial charge in [-0.05, 0) is 23.3 Å². The van der Waals surface area contributed by atoms with Crippen LogP contribution in [0.4, 0.5) is 10.1 Å². The van der Waals surface area contributed by atoms with Gasteiger partial charge < -0.3 is 9.84 Å². The molecule has 3 aromatic carbocycles. The molecule has 0 radical (unpaired) electrons. The number of amidine groups is 1. The third kappa shape index (κ3) is 7.30. The smallest absolute Gasteiger partial charge is 0.203 e. The Balaban J connectivity index is 0.000000751. The van der Waals surface area contributed by atoms with Crippen molar-refractivity contribution in [3.8, 4) is 16.9 Å². The van der Waals surface area contributed by atoms with Crippen molar-refractivity contribution in [2.24, 2.45) is 4.99 Å². The summed E-state index contributed by atoms with van der Waals surface area (Å²) in [5.41, 5.74) is 3.42. The molecule has 0 fully saturated rings. The summed E-state index contributed by atoms with van der Waals surface area (Å²) in [6, 6.07) is 20.5. The molecule has 2 N–H and O–H groups in total. The number of anilines is 1. The van der Waals surface area contributed by atoms with Crippen LogP contribution >= 0.6 is 11.8 Å². The van der Waals surface area contributed by atoms with Gasteiger partial charge >= 0.3 is 139 Å². The van der Waals surface area contributed by atoms with Crippen LogP contribution in [0.5, 0.6) is 5.75 Å². The number of halogens is 1. The van der Waals surface area contributed by atoms with Crippen LogP contribution in [-0.2, 0) is 9.59 Å². The molecular weight excluding hydrogens is 466 g/mol. The summed E-state index contributed by atoms with van der Waals surface area (Å²) >= 11 is 2.32. The van der Waals surface area contributed by atoms with Crippen molar-refractivity contribution < 1.29 is 23.8 Å². The first-order chi connectivity index (χ1) is 16.2. The zero-order chi connectivity index (χ0) is 24.7. The Kier molecular flexibility index (Phi) is 9.06. The van der Waals surface area contributed by atoms with E-state index in [1.165, 1.54) is 27.8 Å². The van der Waals surface area contributed by atoms with Crippen molar-refractivity contribution in [2.45, 2.75) is 6.92 Å². The molecular formula is C25H20FN2NaO4S. The normalized spacial score (nSPS) is 13.7. The number of rotatable bonds is 4. The number of hydrogen-bond donors (Lipinski definition) is 2. The molecule has 34 heavy (non-hydrogen) atoms. The van der Waals surface area contributed by atoms with Crippen LogP contribution in [0.25, 0.3) is 17.2 Å². The number of nitrogens with zero attached hydrogens (tertiary/aromatic N) is 1. The van der Waals surface area contributed by atoms with Crippen LogP contribution in [0, 0.1) is 5.82 Å². The molecule has 0 saturated carbocycles. The van der Waals surface area contributed by atoms with Gasteiger partial charge in [-0.15, -0.1) is 0 Å². The van der Waals surface area contributed by atoms with Gasteiger partial charge in [-0.2, -0.15) is 0 Å². The molecule has 0 aliphatic carbocycles. The van der Waals surface area contributed by atoms with Gasteiger partial charge in [0.05, 0.1) is 7.11 Å². The van der Waals surface area contributed by atoms with E-state index in [0.717, 1.165) is 57.2 Å². The molecule has 1 aliphatic heterocycles. The number of ether oxygens (including phenoxy) is 1. The molecule has 0 saturated heterocycles. The van der Waals surface area contributed by atoms with Gasteiger partial charge in [0.2, 0.25) is 0 Å². The Morgan fingerprint density at radius 1 is 1.09 bits per heavy atom. The van der Waals surface area contributed by atoms with Crippen molar-refractivity contribution in [3.05, 3.63) is 83.0 Å². The van der Waals surface area contributed by atoms with Gasteiger partial charge in [0.25, 0.3) is 5.97 Å². The summed E-state index contributed by atoms with van der Waals surface area (Å²) in [4.78, 5) is 25.9. The second kappa shape index (κ2) is 12.0. The molecule has 6 nitrogen and oxygen atoms in total. The Hall–Kier alpha value is -2.91. The summed E-state index contributed by atoms with van der Waals surface area (Å²) in [5, 5.41) is 11.2. The van der Waals surface area contributed by atoms with Gasteiger partial charge in [0.15, 0.2) is 11.6 Å². The van der Waals surface area contributed by atoms with E-state index in [4.69, 9.17) is 14.6 Å². The number of carbonyl (C=O) groups is 2. The zero-order valence-electron chi connectivity index (χ0n) is 18.8. The van der Waals surface area contributed by atoms with Crippen LogP contribution in [0.3, 0.4) is 0 Å². The second-order valence-corrected chi connectivity index (χ2v) is 9.50. The van der Waals surface area contributed by atoms with Crippen molar-refractivity contribution in [1.82, 2.24) is 0 Å². The van der Waals surface area contributed by atoms with Crippen LogP contribution in [-0.4, -0.2) is 57.2 Å². The summed E-state index contributed by atoms with van der Waals surface area (Å²) in [5.74, 6) is -1.28. The molecule has 0 spiro atoms. The molecule has 4 rings (SSSR count). The summed E-state index contributed by atoms with van der Waals surface area (Å²) in [7, 11) is 1.44. The molecule has 0 unspecified atom stereocenters. The SMILES string of the molecule is CC(=O)O.COc1ccc(-c2ccc(/C=C3/SC(Nc4cc[c]([Na])cc4)=NC3=O)cc2)cc1F. The average Bonchev–Trinajstić information content (AvgIpc) is 3.14. The standard InChI is InChI=1S/C23H16FN2O2S.C2H4O2.Na/c1-28-20-12-11-17(14-19(20)24)16-9-7-15(8-10-16)13-21-22(27)26-23(29-21)25-18-5-3-2-4-6-18;1-2(3)4;/h3-14H,1H3,(H,25,26,27);1H3,(H,3,4);/b21-13+;;. The molecule has 1 amide bonds. The van der Waals surface area contributed by atoms with Crippen LogP contribution in [0.15, 0.2) is 76.6 Å². The number of thioether (sulfide) groups is 1. The number of aliphatic carboxylic acids is 1. The number of nitrogens with one attached hydrogen (secondary N) is 1. The predicted octanol–water partition coefficient (Wildman–Crippen LogP) is 4.47. The van der Waals surface area contributed by atoms with Crippen LogP contribution < -0.4 is 12.9 Å². The molecule has 0 aromatic heterocycles. The number of carboxylic acids is 1. The third-order valence-electron chi connectivity index (χ3n) is 4.62. The number of hydrogen-bond acceptors (Lipinski definition) is 5. The fourth-order valence-corrected chi connectivity index (χ4v) is 4.16. The van der Waals surface area contributed by atoms with Crippen molar-refractivity contribution in [1.29, 1.82) is 0 Å². The summed E-state index contributed by atoms with van der Waals surface area (Å²) in [6.45, 7) is 1.08. The van der Waals surface area contributed by atoms with Crippen molar-refractivity contribution in [2.75, 3.05) is 12.4 Å². The number of aliphatic imine (C=N–C) groups is 1. The van der Waals surface area contributed by atoms with Gasteiger partial charge in [-0.3, -0.25) is 4.79 Å². The number of amides is 1. The van der Waals surface area contributed by atoms with Crippen molar-refractivity contribution in [3.63, 3.8) is 0 Å². The van der Waals surface area contributed by atoms with Crippen molar-refractivity contribution >= 4 is 71.3 Å². The Morgan fingerprint density at radius 3 is 2.29 bits per heavy atom. The van der Waals surface area contributed by atoms with E-state index < -0.39 is 11.8 Å². The minimum absolute atomic E-state index is 0.216. The van der Waals surface area contributed by atoms with E-state index in [2.05, 4.69) is 22.4 Å². The van der Waals surface area contributed by atoms with E-state index in [-0.39, 0.29) is 11.7 Å². The second-order valence-electron chi connectivity index (χ2n) is 7.31. The van der Waals surface area contributed by atoms with Gasteiger partial charge in [0, 0.05) is 6.92 Å². The first-order valence-corrected chi connectivity index (χ1v) is 12.1. The number of methoxy groups -OCH3 is 1. The molecule has 9 heteroatoms. The molecule has 3 aromatic rings. The van der Waals surface area contributed by atoms with E-state index in [0.29, 0.717) is 10.1 Å². The topological polar surface area (TPSA) is 88.0 Å². The summed E-state index contributed by atoms with van der Waals surface area (Å²) < 4.78 is 20.2.